The van der Waals surface area contributed by atoms with Crippen LogP contribution < -0.4 is 20.4 Å². The molecule has 1 heterocycles. The van der Waals surface area contributed by atoms with Gasteiger partial charge in [-0.3, -0.25) is 9.59 Å². The number of benzene rings is 2. The lowest BCUT2D eigenvalue weighted by atomic mass is 10.0. The summed E-state index contributed by atoms with van der Waals surface area (Å²) in [6, 6.07) is 16.4. The second-order valence-electron chi connectivity index (χ2n) is 7.26. The quantitative estimate of drug-likeness (QED) is 0.610. The zero-order valence-electron chi connectivity index (χ0n) is 16.9. The third-order valence-corrected chi connectivity index (χ3v) is 5.15. The summed E-state index contributed by atoms with van der Waals surface area (Å²) in [5.74, 6) is -1.43. The molecule has 0 saturated heterocycles. The molecule has 0 unspecified atom stereocenters. The van der Waals surface area contributed by atoms with E-state index in [0.29, 0.717) is 6.54 Å². The standard InChI is InChI=1S/C22H28N4O3/c1-25(2)18-9-7-17(8-10-18)20(15-24-22(29)21(28)23-12-14-27)26-13-11-16-5-3-4-6-19(16)26/h3-10,20,27H,11-15H2,1-2H3,(H,23,28)(H,24,29)/t20-/m0/s1. The van der Waals surface area contributed by atoms with Crippen LogP contribution in [-0.2, 0) is 16.0 Å². The first-order valence-electron chi connectivity index (χ1n) is 9.80. The number of nitrogens with one attached hydrogen (secondary N) is 2. The van der Waals surface area contributed by atoms with Crippen LogP contribution >= 0.6 is 0 Å². The minimum absolute atomic E-state index is 0.0567. The summed E-state index contributed by atoms with van der Waals surface area (Å²) in [5, 5.41) is 13.9. The van der Waals surface area contributed by atoms with E-state index in [4.69, 9.17) is 5.11 Å². The molecule has 0 aliphatic carbocycles. The van der Waals surface area contributed by atoms with Crippen molar-refractivity contribution in [3.8, 4) is 0 Å². The highest BCUT2D eigenvalue weighted by Gasteiger charge is 2.28. The van der Waals surface area contributed by atoms with Crippen molar-refractivity contribution in [2.24, 2.45) is 0 Å². The fourth-order valence-electron chi connectivity index (χ4n) is 3.61. The highest BCUT2D eigenvalue weighted by molar-refractivity contribution is 6.35. The van der Waals surface area contributed by atoms with Gasteiger partial charge in [-0.05, 0) is 35.7 Å². The first kappa shape index (κ1) is 20.7. The van der Waals surface area contributed by atoms with Gasteiger partial charge in [0.15, 0.2) is 0 Å². The van der Waals surface area contributed by atoms with Gasteiger partial charge in [-0.15, -0.1) is 0 Å². The Morgan fingerprint density at radius 1 is 1.07 bits per heavy atom. The van der Waals surface area contributed by atoms with Crippen molar-refractivity contribution < 1.29 is 14.7 Å². The van der Waals surface area contributed by atoms with Crippen LogP contribution in [0.5, 0.6) is 0 Å². The normalized spacial score (nSPS) is 13.6. The van der Waals surface area contributed by atoms with Crippen LogP contribution in [0.3, 0.4) is 0 Å². The van der Waals surface area contributed by atoms with Gasteiger partial charge in [-0.2, -0.15) is 0 Å². The highest BCUT2D eigenvalue weighted by atomic mass is 16.3. The number of fused-ring (bicyclic) bond motifs is 1. The minimum Gasteiger partial charge on any atom is -0.395 e. The lowest BCUT2D eigenvalue weighted by Gasteiger charge is -2.31. The predicted octanol–water partition coefficient (Wildman–Crippen LogP) is 1.08. The van der Waals surface area contributed by atoms with E-state index in [-0.39, 0.29) is 19.2 Å². The molecule has 3 rings (SSSR count). The Bertz CT molecular complexity index is 851. The zero-order valence-corrected chi connectivity index (χ0v) is 16.9. The molecule has 2 aromatic carbocycles. The van der Waals surface area contributed by atoms with Crippen LogP contribution in [0.2, 0.25) is 0 Å². The average Bonchev–Trinajstić information content (AvgIpc) is 3.16. The van der Waals surface area contributed by atoms with E-state index < -0.39 is 11.8 Å². The SMILES string of the molecule is CN(C)c1ccc([C@H](CNC(=O)C(=O)NCCO)N2CCc3ccccc32)cc1. The van der Waals surface area contributed by atoms with E-state index in [1.165, 1.54) is 5.56 Å². The van der Waals surface area contributed by atoms with E-state index in [0.717, 1.165) is 29.9 Å². The van der Waals surface area contributed by atoms with E-state index >= 15 is 0 Å². The average molecular weight is 396 g/mol. The molecular weight excluding hydrogens is 368 g/mol. The molecule has 2 amide bonds. The molecule has 0 bridgehead atoms. The number of aliphatic hydroxyl groups is 1. The van der Waals surface area contributed by atoms with Crippen molar-refractivity contribution in [1.29, 1.82) is 0 Å². The van der Waals surface area contributed by atoms with Crippen LogP contribution in [0.1, 0.15) is 17.2 Å². The Hall–Kier alpha value is -3.06. The minimum atomic E-state index is -0.734. The summed E-state index contributed by atoms with van der Waals surface area (Å²) in [5.41, 5.74) is 4.62. The molecule has 0 saturated carbocycles. The second-order valence-corrected chi connectivity index (χ2v) is 7.26. The molecule has 2 aromatic rings. The Morgan fingerprint density at radius 3 is 2.45 bits per heavy atom. The Morgan fingerprint density at radius 2 is 1.76 bits per heavy atom. The van der Waals surface area contributed by atoms with Crippen molar-refractivity contribution in [3.63, 3.8) is 0 Å². The third-order valence-electron chi connectivity index (χ3n) is 5.15. The summed E-state index contributed by atoms with van der Waals surface area (Å²) < 4.78 is 0. The molecule has 7 heteroatoms. The van der Waals surface area contributed by atoms with Crippen molar-refractivity contribution in [2.75, 3.05) is 50.1 Å². The monoisotopic (exact) mass is 396 g/mol. The van der Waals surface area contributed by atoms with E-state index in [1.807, 2.05) is 31.1 Å². The number of anilines is 2. The fraction of sp³-hybridized carbons (Fsp3) is 0.364. The lowest BCUT2D eigenvalue weighted by molar-refractivity contribution is -0.139. The first-order chi connectivity index (χ1) is 14.0. The van der Waals surface area contributed by atoms with Crippen LogP contribution in [-0.4, -0.2) is 57.3 Å². The molecule has 0 fully saturated rings. The largest absolute Gasteiger partial charge is 0.395 e. The summed E-state index contributed by atoms with van der Waals surface area (Å²) in [7, 11) is 3.99. The Kier molecular flexibility index (Phi) is 6.72. The number of rotatable bonds is 7. The molecule has 0 aromatic heterocycles. The summed E-state index contributed by atoms with van der Waals surface area (Å²) >= 11 is 0. The smallest absolute Gasteiger partial charge is 0.309 e. The molecule has 0 radical (unpaired) electrons. The maximum Gasteiger partial charge on any atom is 0.309 e. The maximum absolute atomic E-state index is 12.2. The van der Waals surface area contributed by atoms with Gasteiger partial charge in [-0.25, -0.2) is 0 Å². The summed E-state index contributed by atoms with van der Waals surface area (Å²) in [6.45, 7) is 1.01. The number of amides is 2. The Balaban J connectivity index is 1.81. The van der Waals surface area contributed by atoms with Crippen LogP contribution in [0.4, 0.5) is 11.4 Å². The number of nitrogens with zero attached hydrogens (tertiary/aromatic N) is 2. The van der Waals surface area contributed by atoms with Gasteiger partial charge >= 0.3 is 11.8 Å². The first-order valence-corrected chi connectivity index (χ1v) is 9.80. The summed E-state index contributed by atoms with van der Waals surface area (Å²) in [4.78, 5) is 28.3. The highest BCUT2D eigenvalue weighted by Crippen LogP contribution is 2.35. The van der Waals surface area contributed by atoms with Crippen LogP contribution in [0.15, 0.2) is 48.5 Å². The molecule has 154 valence electrons. The molecule has 1 aliphatic rings. The van der Waals surface area contributed by atoms with Gasteiger partial charge in [-0.1, -0.05) is 30.3 Å². The summed E-state index contributed by atoms with van der Waals surface area (Å²) in [6.07, 6.45) is 0.952. The van der Waals surface area contributed by atoms with Crippen molar-refractivity contribution in [2.45, 2.75) is 12.5 Å². The molecule has 1 atom stereocenters. The fourth-order valence-corrected chi connectivity index (χ4v) is 3.61. The van der Waals surface area contributed by atoms with Crippen LogP contribution in [0.25, 0.3) is 0 Å². The van der Waals surface area contributed by atoms with Gasteiger partial charge < -0.3 is 25.5 Å². The van der Waals surface area contributed by atoms with Crippen molar-refractivity contribution in [3.05, 3.63) is 59.7 Å². The molecule has 7 nitrogen and oxygen atoms in total. The van der Waals surface area contributed by atoms with Crippen LogP contribution in [0, 0.1) is 0 Å². The third kappa shape index (κ3) is 4.86. The molecule has 3 N–H and O–H groups in total. The van der Waals surface area contributed by atoms with Crippen molar-refractivity contribution in [1.82, 2.24) is 10.6 Å². The molecule has 1 aliphatic heterocycles. The molecular formula is C22H28N4O3. The number of hydrogen-bond acceptors (Lipinski definition) is 5. The van der Waals surface area contributed by atoms with Gasteiger partial charge in [0.2, 0.25) is 0 Å². The van der Waals surface area contributed by atoms with E-state index in [9.17, 15) is 9.59 Å². The predicted molar refractivity (Wildman–Crippen MR) is 114 cm³/mol. The lowest BCUT2D eigenvalue weighted by Crippen LogP contribution is -2.44. The number of hydrogen-bond donors (Lipinski definition) is 3. The molecule has 0 spiro atoms. The maximum atomic E-state index is 12.2. The molecule has 29 heavy (non-hydrogen) atoms. The van der Waals surface area contributed by atoms with Crippen molar-refractivity contribution >= 4 is 23.2 Å². The number of carbonyl (C=O) groups is 2. The van der Waals surface area contributed by atoms with E-state index in [2.05, 4.69) is 51.9 Å². The van der Waals surface area contributed by atoms with Gasteiger partial charge in [0.25, 0.3) is 0 Å². The number of para-hydroxylation sites is 1. The van der Waals surface area contributed by atoms with Gasteiger partial charge in [0.05, 0.1) is 12.6 Å². The second kappa shape index (κ2) is 9.43. The number of carbonyl (C=O) groups excluding carboxylic acids is 2. The zero-order chi connectivity index (χ0) is 20.8. The number of aliphatic hydroxyl groups excluding tert-OH is 1. The topological polar surface area (TPSA) is 84.9 Å². The Labute approximate surface area is 171 Å². The van der Waals surface area contributed by atoms with Gasteiger partial charge in [0, 0.05) is 45.1 Å². The van der Waals surface area contributed by atoms with Gasteiger partial charge in [0.1, 0.15) is 0 Å². The van der Waals surface area contributed by atoms with E-state index in [1.54, 1.807) is 0 Å².